The second kappa shape index (κ2) is 8.28. The number of non-ortho nitro benzene ring substituents is 1. The van der Waals surface area contributed by atoms with Gasteiger partial charge in [0.05, 0.1) is 16.2 Å². The molecule has 1 amide bonds. The molecule has 0 atom stereocenters. The summed E-state index contributed by atoms with van der Waals surface area (Å²) in [6.45, 7) is 0.830. The second-order valence-corrected chi connectivity index (χ2v) is 8.03. The van der Waals surface area contributed by atoms with Gasteiger partial charge in [0.2, 0.25) is 0 Å². The van der Waals surface area contributed by atoms with Crippen LogP contribution in [0.4, 0.5) is 17.1 Å². The summed E-state index contributed by atoms with van der Waals surface area (Å²) in [6, 6.07) is 22.6. The van der Waals surface area contributed by atoms with E-state index in [2.05, 4.69) is 28.1 Å². The number of anilines is 2. The third-order valence-corrected chi connectivity index (χ3v) is 5.67. The molecule has 0 unspecified atom stereocenters. The standard InChI is InChI=1S/C25H22N4O3/c30-25-23(21-14-20(29(31)32)12-13-22(21)28-25)24(17-4-2-1-3-5-17)27-19-8-6-16(7-9-19)15-26-18-10-11-18/h1-9,12-14,18,26-27H,10-11,15H2,(H,28,30). The Morgan fingerprint density at radius 1 is 1.03 bits per heavy atom. The van der Waals surface area contributed by atoms with Crippen molar-refractivity contribution in [3.8, 4) is 0 Å². The molecule has 2 aliphatic rings. The van der Waals surface area contributed by atoms with Gasteiger partial charge >= 0.3 is 0 Å². The average molecular weight is 426 g/mol. The van der Waals surface area contributed by atoms with E-state index in [4.69, 9.17) is 0 Å². The highest BCUT2D eigenvalue weighted by molar-refractivity contribution is 6.37. The number of amides is 1. The van der Waals surface area contributed by atoms with Gasteiger partial charge in [-0.2, -0.15) is 0 Å². The largest absolute Gasteiger partial charge is 0.354 e. The summed E-state index contributed by atoms with van der Waals surface area (Å²) in [5.41, 5.74) is 4.84. The molecule has 0 bridgehead atoms. The number of hydrogen-bond acceptors (Lipinski definition) is 5. The topological polar surface area (TPSA) is 96.3 Å². The lowest BCUT2D eigenvalue weighted by molar-refractivity contribution is -0.384. The first-order valence-corrected chi connectivity index (χ1v) is 10.6. The minimum absolute atomic E-state index is 0.0577. The van der Waals surface area contributed by atoms with Crippen LogP contribution in [0.15, 0.2) is 72.8 Å². The van der Waals surface area contributed by atoms with E-state index in [0.717, 1.165) is 17.8 Å². The van der Waals surface area contributed by atoms with Gasteiger partial charge in [-0.3, -0.25) is 14.9 Å². The van der Waals surface area contributed by atoms with Crippen LogP contribution in [0.3, 0.4) is 0 Å². The van der Waals surface area contributed by atoms with Crippen molar-refractivity contribution in [2.24, 2.45) is 0 Å². The molecule has 160 valence electrons. The summed E-state index contributed by atoms with van der Waals surface area (Å²) < 4.78 is 0. The van der Waals surface area contributed by atoms with Crippen molar-refractivity contribution in [1.82, 2.24) is 5.32 Å². The van der Waals surface area contributed by atoms with Crippen LogP contribution in [0.2, 0.25) is 0 Å². The molecule has 0 aromatic heterocycles. The van der Waals surface area contributed by atoms with Gasteiger partial charge < -0.3 is 16.0 Å². The van der Waals surface area contributed by atoms with Gasteiger partial charge in [-0.1, -0.05) is 42.5 Å². The molecule has 32 heavy (non-hydrogen) atoms. The highest BCUT2D eigenvalue weighted by Crippen LogP contribution is 2.39. The Balaban J connectivity index is 1.54. The summed E-state index contributed by atoms with van der Waals surface area (Å²) in [5.74, 6) is -0.294. The summed E-state index contributed by atoms with van der Waals surface area (Å²) >= 11 is 0. The Hall–Kier alpha value is -3.97. The fourth-order valence-corrected chi connectivity index (χ4v) is 3.80. The molecule has 3 aromatic carbocycles. The van der Waals surface area contributed by atoms with E-state index in [-0.39, 0.29) is 11.6 Å². The van der Waals surface area contributed by atoms with Crippen LogP contribution in [-0.4, -0.2) is 16.9 Å². The predicted octanol–water partition coefficient (Wildman–Crippen LogP) is 4.78. The third kappa shape index (κ3) is 4.10. The van der Waals surface area contributed by atoms with Crippen molar-refractivity contribution in [3.05, 3.63) is 99.6 Å². The number of benzene rings is 3. The molecule has 0 saturated heterocycles. The maximum absolute atomic E-state index is 12.9. The van der Waals surface area contributed by atoms with Crippen LogP contribution in [0.25, 0.3) is 11.3 Å². The Morgan fingerprint density at radius 2 is 1.78 bits per heavy atom. The lowest BCUT2D eigenvalue weighted by atomic mass is 9.99. The quantitative estimate of drug-likeness (QED) is 0.287. The lowest BCUT2D eigenvalue weighted by Crippen LogP contribution is -2.15. The molecule has 1 aliphatic heterocycles. The van der Waals surface area contributed by atoms with Crippen molar-refractivity contribution in [2.45, 2.75) is 25.4 Å². The first-order chi connectivity index (χ1) is 15.6. The number of nitrogens with one attached hydrogen (secondary N) is 3. The molecule has 7 nitrogen and oxygen atoms in total. The van der Waals surface area contributed by atoms with Gasteiger partial charge in [-0.15, -0.1) is 0 Å². The molecule has 0 radical (unpaired) electrons. The van der Waals surface area contributed by atoms with Crippen molar-refractivity contribution in [2.75, 3.05) is 10.6 Å². The molecule has 1 aliphatic carbocycles. The van der Waals surface area contributed by atoms with Crippen molar-refractivity contribution >= 4 is 34.2 Å². The van der Waals surface area contributed by atoms with E-state index >= 15 is 0 Å². The van der Waals surface area contributed by atoms with Crippen LogP contribution in [0.1, 0.15) is 29.5 Å². The summed E-state index contributed by atoms with van der Waals surface area (Å²) in [7, 11) is 0. The van der Waals surface area contributed by atoms with Gasteiger partial charge in [-0.05, 0) is 42.2 Å². The van der Waals surface area contributed by atoms with E-state index in [1.54, 1.807) is 6.07 Å². The smallest absolute Gasteiger partial charge is 0.270 e. The Bertz CT molecular complexity index is 1220. The normalized spacial score (nSPS) is 16.3. The lowest BCUT2D eigenvalue weighted by Gasteiger charge is -2.15. The number of carbonyl (C=O) groups excluding carboxylic acids is 1. The minimum atomic E-state index is -0.454. The van der Waals surface area contributed by atoms with Crippen LogP contribution >= 0.6 is 0 Å². The maximum Gasteiger partial charge on any atom is 0.270 e. The van der Waals surface area contributed by atoms with Gasteiger partial charge in [-0.25, -0.2) is 0 Å². The molecule has 1 fully saturated rings. The monoisotopic (exact) mass is 426 g/mol. The van der Waals surface area contributed by atoms with Crippen LogP contribution < -0.4 is 16.0 Å². The van der Waals surface area contributed by atoms with E-state index in [9.17, 15) is 14.9 Å². The fourth-order valence-electron chi connectivity index (χ4n) is 3.80. The average Bonchev–Trinajstić information content (AvgIpc) is 3.58. The number of nitrogens with zero attached hydrogens (tertiary/aromatic N) is 1. The fraction of sp³-hybridized carbons (Fsp3) is 0.160. The number of nitro benzene ring substituents is 1. The number of carbonyl (C=O) groups is 1. The van der Waals surface area contributed by atoms with E-state index in [0.29, 0.717) is 28.6 Å². The summed E-state index contributed by atoms with van der Waals surface area (Å²) in [5, 5.41) is 21.0. The zero-order valence-electron chi connectivity index (χ0n) is 17.3. The minimum Gasteiger partial charge on any atom is -0.354 e. The zero-order valence-corrected chi connectivity index (χ0v) is 17.3. The van der Waals surface area contributed by atoms with Gasteiger partial charge in [0.1, 0.15) is 0 Å². The van der Waals surface area contributed by atoms with Crippen LogP contribution in [0, 0.1) is 10.1 Å². The predicted molar refractivity (Wildman–Crippen MR) is 125 cm³/mol. The molecule has 3 aromatic rings. The number of hydrogen-bond donors (Lipinski definition) is 3. The molecule has 1 heterocycles. The highest BCUT2D eigenvalue weighted by Gasteiger charge is 2.30. The Kier molecular flexibility index (Phi) is 5.17. The molecular formula is C25H22N4O3. The first-order valence-electron chi connectivity index (χ1n) is 10.6. The Labute approximate surface area is 185 Å². The maximum atomic E-state index is 12.9. The SMILES string of the molecule is O=C1Nc2ccc([N+](=O)[O-])cc2C1=C(Nc1ccc(CNC2CC2)cc1)c1ccccc1. The van der Waals surface area contributed by atoms with Crippen molar-refractivity contribution in [1.29, 1.82) is 0 Å². The van der Waals surface area contributed by atoms with Gasteiger partial charge in [0.25, 0.3) is 11.6 Å². The third-order valence-electron chi connectivity index (χ3n) is 5.67. The number of rotatable bonds is 7. The molecule has 0 spiro atoms. The van der Waals surface area contributed by atoms with Crippen LogP contribution in [0.5, 0.6) is 0 Å². The summed E-state index contributed by atoms with van der Waals surface area (Å²) in [6.07, 6.45) is 2.49. The molecule has 7 heteroatoms. The Morgan fingerprint density at radius 3 is 2.47 bits per heavy atom. The van der Waals surface area contributed by atoms with E-state index in [1.807, 2.05) is 42.5 Å². The molecule has 3 N–H and O–H groups in total. The molecule has 1 saturated carbocycles. The van der Waals surface area contributed by atoms with Gasteiger partial charge in [0, 0.05) is 41.7 Å². The van der Waals surface area contributed by atoms with Crippen LogP contribution in [-0.2, 0) is 11.3 Å². The summed E-state index contributed by atoms with van der Waals surface area (Å²) in [4.78, 5) is 23.8. The molecule has 5 rings (SSSR count). The number of nitro groups is 1. The van der Waals surface area contributed by atoms with Crippen molar-refractivity contribution in [3.63, 3.8) is 0 Å². The molecular weight excluding hydrogens is 404 g/mol. The first kappa shape index (κ1) is 20.0. The second-order valence-electron chi connectivity index (χ2n) is 8.03. The van der Waals surface area contributed by atoms with E-state index in [1.165, 1.54) is 30.5 Å². The number of fused-ring (bicyclic) bond motifs is 1. The van der Waals surface area contributed by atoms with Gasteiger partial charge in [0.15, 0.2) is 0 Å². The van der Waals surface area contributed by atoms with E-state index < -0.39 is 4.92 Å². The zero-order chi connectivity index (χ0) is 22.1. The highest BCUT2D eigenvalue weighted by atomic mass is 16.6. The van der Waals surface area contributed by atoms with Crippen molar-refractivity contribution < 1.29 is 9.72 Å².